The van der Waals surface area contributed by atoms with Gasteiger partial charge in [-0.05, 0) is 37.2 Å². The first-order valence-electron chi connectivity index (χ1n) is 7.31. The second kappa shape index (κ2) is 5.75. The number of anilines is 2. The number of aryl methyl sites for hydroxylation is 1. The van der Waals surface area contributed by atoms with Crippen LogP contribution in [0.2, 0.25) is 0 Å². The van der Waals surface area contributed by atoms with Gasteiger partial charge in [0.1, 0.15) is 10.6 Å². The summed E-state index contributed by atoms with van der Waals surface area (Å²) in [6.45, 7) is 3.21. The van der Waals surface area contributed by atoms with E-state index in [1.807, 2.05) is 0 Å². The molecule has 0 aromatic carbocycles. The molecule has 1 aliphatic carbocycles. The van der Waals surface area contributed by atoms with Crippen molar-refractivity contribution in [3.05, 3.63) is 10.9 Å². The van der Waals surface area contributed by atoms with Crippen LogP contribution in [0, 0.1) is 5.41 Å². The Labute approximate surface area is 127 Å². The van der Waals surface area contributed by atoms with Crippen LogP contribution in [0.3, 0.4) is 0 Å². The lowest BCUT2D eigenvalue weighted by Crippen LogP contribution is -2.18. The van der Waals surface area contributed by atoms with Crippen molar-refractivity contribution >= 4 is 33.3 Å². The zero-order chi connectivity index (χ0) is 14.9. The molecule has 1 saturated carbocycles. The number of nitrogens with one attached hydrogen (secondary N) is 2. The Balaban J connectivity index is 1.87. The molecule has 1 aliphatic rings. The maximum Gasteiger partial charge on any atom is 0.240 e. The fourth-order valence-corrected chi connectivity index (χ4v) is 3.51. The highest BCUT2D eigenvalue weighted by molar-refractivity contribution is 7.18. The van der Waals surface area contributed by atoms with Gasteiger partial charge in [0, 0.05) is 18.0 Å². The van der Waals surface area contributed by atoms with Crippen molar-refractivity contribution < 1.29 is 5.11 Å². The molecule has 0 unspecified atom stereocenters. The number of hydrogen-bond donors (Lipinski definition) is 4. The van der Waals surface area contributed by atoms with Crippen LogP contribution in [0.15, 0.2) is 6.07 Å². The Hall–Kier alpha value is -1.44. The summed E-state index contributed by atoms with van der Waals surface area (Å²) in [6.07, 6.45) is 4.17. The van der Waals surface area contributed by atoms with Gasteiger partial charge in [-0.3, -0.25) is 5.43 Å². The van der Waals surface area contributed by atoms with Crippen molar-refractivity contribution in [1.82, 2.24) is 9.97 Å². The van der Waals surface area contributed by atoms with Gasteiger partial charge in [-0.15, -0.1) is 11.3 Å². The maximum absolute atomic E-state index is 9.15. The number of hydrogen-bond acceptors (Lipinski definition) is 7. The predicted molar refractivity (Wildman–Crippen MR) is 86.5 cm³/mol. The van der Waals surface area contributed by atoms with Crippen LogP contribution in [-0.4, -0.2) is 28.2 Å². The summed E-state index contributed by atoms with van der Waals surface area (Å²) in [5.41, 5.74) is 2.77. The van der Waals surface area contributed by atoms with Crippen molar-refractivity contribution in [3.63, 3.8) is 0 Å². The number of aliphatic hydroxyl groups is 1. The van der Waals surface area contributed by atoms with E-state index in [2.05, 4.69) is 33.7 Å². The monoisotopic (exact) mass is 307 g/mol. The third-order valence-electron chi connectivity index (χ3n) is 4.15. The number of fused-ring (bicyclic) bond motifs is 1. The fourth-order valence-electron chi connectivity index (χ4n) is 2.55. The van der Waals surface area contributed by atoms with Crippen LogP contribution in [-0.2, 0) is 6.42 Å². The molecule has 21 heavy (non-hydrogen) atoms. The molecule has 0 bridgehead atoms. The Morgan fingerprint density at radius 1 is 1.43 bits per heavy atom. The molecule has 2 aromatic heterocycles. The normalized spacial score (nSPS) is 16.1. The van der Waals surface area contributed by atoms with Crippen molar-refractivity contribution in [1.29, 1.82) is 0 Å². The van der Waals surface area contributed by atoms with E-state index in [1.165, 1.54) is 17.7 Å². The first-order valence-corrected chi connectivity index (χ1v) is 8.13. The van der Waals surface area contributed by atoms with Crippen LogP contribution in [0.1, 0.15) is 31.1 Å². The molecule has 1 fully saturated rings. The standard InChI is InChI=1S/C14H21N5OS/c1-2-9-7-10-11(16-8-14(3-4-14)5-6-20)17-13(19-15)18-12(10)21-9/h7,20H,2-6,8,15H2,1H3,(H2,16,17,18,19). The summed E-state index contributed by atoms with van der Waals surface area (Å²) < 4.78 is 0. The summed E-state index contributed by atoms with van der Waals surface area (Å²) in [4.78, 5) is 11.1. The van der Waals surface area contributed by atoms with E-state index < -0.39 is 0 Å². The average molecular weight is 307 g/mol. The van der Waals surface area contributed by atoms with Crippen LogP contribution in [0.4, 0.5) is 11.8 Å². The lowest BCUT2D eigenvalue weighted by atomic mass is 10.0. The summed E-state index contributed by atoms with van der Waals surface area (Å²) in [6, 6.07) is 2.15. The number of rotatable bonds is 7. The van der Waals surface area contributed by atoms with Crippen LogP contribution in [0.25, 0.3) is 10.2 Å². The number of thiophene rings is 1. The van der Waals surface area contributed by atoms with Crippen LogP contribution in [0.5, 0.6) is 0 Å². The quantitative estimate of drug-likeness (QED) is 0.462. The van der Waals surface area contributed by atoms with Crippen LogP contribution >= 0.6 is 11.3 Å². The molecule has 0 amide bonds. The largest absolute Gasteiger partial charge is 0.396 e. The number of hydrazine groups is 1. The SMILES string of the molecule is CCc1cc2c(NCC3(CCO)CC3)nc(NN)nc2s1. The van der Waals surface area contributed by atoms with Gasteiger partial charge < -0.3 is 10.4 Å². The molecule has 0 saturated heterocycles. The van der Waals surface area contributed by atoms with Gasteiger partial charge in [0.15, 0.2) is 0 Å². The number of nitrogens with two attached hydrogens (primary N) is 1. The number of aromatic nitrogens is 2. The summed E-state index contributed by atoms with van der Waals surface area (Å²) in [5, 5.41) is 13.6. The Morgan fingerprint density at radius 3 is 2.86 bits per heavy atom. The van der Waals surface area contributed by atoms with Gasteiger partial charge in [-0.25, -0.2) is 10.8 Å². The maximum atomic E-state index is 9.15. The van der Waals surface area contributed by atoms with Crippen molar-refractivity contribution in [3.8, 4) is 0 Å². The first kappa shape index (κ1) is 14.5. The minimum atomic E-state index is 0.242. The molecule has 3 rings (SSSR count). The molecule has 2 heterocycles. The second-order valence-electron chi connectivity index (χ2n) is 5.65. The Morgan fingerprint density at radius 2 is 2.24 bits per heavy atom. The highest BCUT2D eigenvalue weighted by atomic mass is 32.1. The fraction of sp³-hybridized carbons (Fsp3) is 0.571. The molecule has 0 aliphatic heterocycles. The molecule has 6 nitrogen and oxygen atoms in total. The topological polar surface area (TPSA) is 96.1 Å². The zero-order valence-corrected chi connectivity index (χ0v) is 13.0. The van der Waals surface area contributed by atoms with Gasteiger partial charge in [0.05, 0.1) is 5.39 Å². The third kappa shape index (κ3) is 2.95. The molecular weight excluding hydrogens is 286 g/mol. The van der Waals surface area contributed by atoms with Crippen molar-refractivity contribution in [2.45, 2.75) is 32.6 Å². The van der Waals surface area contributed by atoms with Gasteiger partial charge in [0.25, 0.3) is 0 Å². The van der Waals surface area contributed by atoms with E-state index in [4.69, 9.17) is 10.9 Å². The molecule has 0 atom stereocenters. The van der Waals surface area contributed by atoms with Crippen LogP contribution < -0.4 is 16.6 Å². The summed E-state index contributed by atoms with van der Waals surface area (Å²) >= 11 is 1.67. The third-order valence-corrected chi connectivity index (χ3v) is 5.32. The summed E-state index contributed by atoms with van der Waals surface area (Å²) in [7, 11) is 0. The molecule has 7 heteroatoms. The summed E-state index contributed by atoms with van der Waals surface area (Å²) in [5.74, 6) is 6.72. The van der Waals surface area contributed by atoms with Gasteiger partial charge >= 0.3 is 0 Å². The highest BCUT2D eigenvalue weighted by Crippen LogP contribution is 2.48. The predicted octanol–water partition coefficient (Wildman–Crippen LogP) is 2.11. The molecular formula is C14H21N5OS. The Bertz CT molecular complexity index is 638. The zero-order valence-electron chi connectivity index (χ0n) is 12.1. The molecule has 114 valence electrons. The lowest BCUT2D eigenvalue weighted by Gasteiger charge is -2.15. The van der Waals surface area contributed by atoms with E-state index in [-0.39, 0.29) is 12.0 Å². The van der Waals surface area contributed by atoms with Crippen molar-refractivity contribution in [2.24, 2.45) is 11.3 Å². The number of nitrogens with zero attached hydrogens (tertiary/aromatic N) is 2. The molecule has 0 radical (unpaired) electrons. The molecule has 2 aromatic rings. The van der Waals surface area contributed by atoms with Gasteiger partial charge in [0.2, 0.25) is 5.95 Å². The number of nitrogen functional groups attached to an aromatic ring is 1. The van der Waals surface area contributed by atoms with E-state index in [0.29, 0.717) is 5.95 Å². The van der Waals surface area contributed by atoms with Gasteiger partial charge in [-0.1, -0.05) is 6.92 Å². The minimum absolute atomic E-state index is 0.242. The second-order valence-corrected chi connectivity index (χ2v) is 6.77. The van der Waals surface area contributed by atoms with E-state index in [9.17, 15) is 0 Å². The van der Waals surface area contributed by atoms with E-state index in [1.54, 1.807) is 11.3 Å². The number of aliphatic hydroxyl groups excluding tert-OH is 1. The first-order chi connectivity index (χ1) is 10.2. The van der Waals surface area contributed by atoms with E-state index >= 15 is 0 Å². The van der Waals surface area contributed by atoms with Crippen molar-refractivity contribution in [2.75, 3.05) is 23.9 Å². The smallest absolute Gasteiger partial charge is 0.240 e. The molecule has 5 N–H and O–H groups in total. The average Bonchev–Trinajstić information content (AvgIpc) is 3.13. The lowest BCUT2D eigenvalue weighted by molar-refractivity contribution is 0.253. The minimum Gasteiger partial charge on any atom is -0.396 e. The van der Waals surface area contributed by atoms with E-state index in [0.717, 1.165) is 35.4 Å². The Kier molecular flexibility index (Phi) is 3.97. The molecule has 0 spiro atoms. The highest BCUT2D eigenvalue weighted by Gasteiger charge is 2.41. The van der Waals surface area contributed by atoms with Gasteiger partial charge in [-0.2, -0.15) is 4.98 Å².